The maximum absolute atomic E-state index is 5.66. The van der Waals surface area contributed by atoms with E-state index in [2.05, 4.69) is 0 Å². The van der Waals surface area contributed by atoms with Crippen LogP contribution in [0.5, 0.6) is 0 Å². The fraction of sp³-hybridized carbons (Fsp3) is 0.333. The molecule has 2 rings (SSSR count). The molecule has 1 aromatic carbocycles. The average molecular weight is 225 g/mol. The topological polar surface area (TPSA) is 18.5 Å². The van der Waals surface area contributed by atoms with E-state index in [0.29, 0.717) is 12.5 Å². The van der Waals surface area contributed by atoms with Gasteiger partial charge in [0.15, 0.2) is 6.29 Å². The molecule has 2 atom stereocenters. The number of benzene rings is 1. The lowest BCUT2D eigenvalue weighted by Gasteiger charge is -2.04. The van der Waals surface area contributed by atoms with Crippen LogP contribution in [-0.4, -0.2) is 24.9 Å². The number of ether oxygens (including phenoxy) is 2. The van der Waals surface area contributed by atoms with Gasteiger partial charge in [-0.25, -0.2) is 0 Å². The van der Waals surface area contributed by atoms with Crippen LogP contribution in [0.2, 0.25) is 0 Å². The van der Waals surface area contributed by atoms with Gasteiger partial charge in [-0.2, -0.15) is 0 Å². The van der Waals surface area contributed by atoms with Crippen molar-refractivity contribution in [2.45, 2.75) is 12.4 Å². The summed E-state index contributed by atoms with van der Waals surface area (Å²) < 4.78 is 10.9. The van der Waals surface area contributed by atoms with E-state index in [1.165, 1.54) is 0 Å². The van der Waals surface area contributed by atoms with Gasteiger partial charge in [-0.3, -0.25) is 0 Å². The molecule has 0 radical (unpaired) electrons. The first-order valence-electron chi connectivity index (χ1n) is 4.95. The van der Waals surface area contributed by atoms with Gasteiger partial charge in [0.05, 0.1) is 18.6 Å². The summed E-state index contributed by atoms with van der Waals surface area (Å²) in [6.07, 6.45) is 3.66. The molecule has 15 heavy (non-hydrogen) atoms. The molecule has 0 bridgehead atoms. The van der Waals surface area contributed by atoms with Gasteiger partial charge < -0.3 is 9.47 Å². The van der Waals surface area contributed by atoms with E-state index in [4.69, 9.17) is 21.1 Å². The molecule has 1 aromatic rings. The second-order valence-electron chi connectivity index (χ2n) is 3.38. The Morgan fingerprint density at radius 3 is 2.80 bits per heavy atom. The molecule has 0 aromatic heterocycles. The van der Waals surface area contributed by atoms with Crippen LogP contribution >= 0.6 is 11.6 Å². The summed E-state index contributed by atoms with van der Waals surface area (Å²) in [5.41, 5.74) is 1.14. The monoisotopic (exact) mass is 224 g/mol. The molecule has 1 saturated heterocycles. The fourth-order valence-corrected chi connectivity index (χ4v) is 1.57. The normalized spacial score (nSPS) is 26.2. The second kappa shape index (κ2) is 5.31. The molecule has 2 nitrogen and oxygen atoms in total. The van der Waals surface area contributed by atoms with Gasteiger partial charge in [0, 0.05) is 0 Å². The van der Waals surface area contributed by atoms with Crippen molar-refractivity contribution in [1.29, 1.82) is 0 Å². The highest BCUT2D eigenvalue weighted by Gasteiger charge is 2.22. The van der Waals surface area contributed by atoms with Crippen LogP contribution in [0, 0.1) is 0 Å². The van der Waals surface area contributed by atoms with Crippen molar-refractivity contribution in [1.82, 2.24) is 0 Å². The number of halogens is 1. The van der Waals surface area contributed by atoms with Crippen molar-refractivity contribution in [3.05, 3.63) is 42.0 Å². The first kappa shape index (κ1) is 10.7. The Balaban J connectivity index is 1.90. The maximum atomic E-state index is 5.66. The summed E-state index contributed by atoms with van der Waals surface area (Å²) in [7, 11) is 0. The fourth-order valence-electron chi connectivity index (χ4n) is 1.41. The van der Waals surface area contributed by atoms with Crippen LogP contribution in [0.25, 0.3) is 6.08 Å². The summed E-state index contributed by atoms with van der Waals surface area (Å²) in [6, 6.07) is 10.0. The molecule has 1 aliphatic rings. The van der Waals surface area contributed by atoms with Crippen LogP contribution in [0.3, 0.4) is 0 Å². The molecular weight excluding hydrogens is 212 g/mol. The zero-order valence-electron chi connectivity index (χ0n) is 8.30. The summed E-state index contributed by atoms with van der Waals surface area (Å²) in [4.78, 5) is 0. The predicted molar refractivity (Wildman–Crippen MR) is 60.8 cm³/mol. The molecule has 1 aliphatic heterocycles. The van der Waals surface area contributed by atoms with Gasteiger partial charge in [-0.05, 0) is 11.6 Å². The van der Waals surface area contributed by atoms with Crippen LogP contribution in [0.15, 0.2) is 36.4 Å². The van der Waals surface area contributed by atoms with Crippen molar-refractivity contribution >= 4 is 17.7 Å². The Hall–Kier alpha value is -0.830. The first-order valence-corrected chi connectivity index (χ1v) is 5.48. The quantitative estimate of drug-likeness (QED) is 0.735. The zero-order chi connectivity index (χ0) is 10.5. The largest absolute Gasteiger partial charge is 0.346 e. The van der Waals surface area contributed by atoms with E-state index in [0.717, 1.165) is 5.56 Å². The molecule has 80 valence electrons. The summed E-state index contributed by atoms with van der Waals surface area (Å²) in [5.74, 6) is 0.482. The second-order valence-corrected chi connectivity index (χ2v) is 3.69. The SMILES string of the molecule is ClCC1COC(C=Cc2ccccc2)O1. The molecule has 0 amide bonds. The van der Waals surface area contributed by atoms with Gasteiger partial charge in [0.25, 0.3) is 0 Å². The van der Waals surface area contributed by atoms with Crippen LogP contribution in [0.1, 0.15) is 5.56 Å². The third-order valence-corrected chi connectivity index (χ3v) is 2.53. The van der Waals surface area contributed by atoms with Crippen molar-refractivity contribution < 1.29 is 9.47 Å². The van der Waals surface area contributed by atoms with Gasteiger partial charge in [-0.15, -0.1) is 11.6 Å². The van der Waals surface area contributed by atoms with Gasteiger partial charge in [0.2, 0.25) is 0 Å². The first-order chi connectivity index (χ1) is 7.38. The standard InChI is InChI=1S/C12H13ClO2/c13-8-11-9-14-12(15-11)7-6-10-4-2-1-3-5-10/h1-7,11-12H,8-9H2. The van der Waals surface area contributed by atoms with Gasteiger partial charge in [-0.1, -0.05) is 36.4 Å². The van der Waals surface area contributed by atoms with Crippen LogP contribution in [-0.2, 0) is 9.47 Å². The van der Waals surface area contributed by atoms with Gasteiger partial charge in [0.1, 0.15) is 0 Å². The average Bonchev–Trinajstić information content (AvgIpc) is 2.76. The van der Waals surface area contributed by atoms with E-state index < -0.39 is 0 Å². The van der Waals surface area contributed by atoms with E-state index in [1.807, 2.05) is 42.5 Å². The van der Waals surface area contributed by atoms with Crippen molar-refractivity contribution in [3.63, 3.8) is 0 Å². The summed E-state index contributed by atoms with van der Waals surface area (Å²) in [6.45, 7) is 0.577. The van der Waals surface area contributed by atoms with E-state index in [9.17, 15) is 0 Å². The summed E-state index contributed by atoms with van der Waals surface area (Å²) in [5, 5.41) is 0. The molecule has 0 N–H and O–H groups in total. The third kappa shape index (κ3) is 3.06. The zero-order valence-corrected chi connectivity index (χ0v) is 9.06. The van der Waals surface area contributed by atoms with E-state index in [1.54, 1.807) is 0 Å². The molecule has 2 unspecified atom stereocenters. The Labute approximate surface area is 94.5 Å². The summed E-state index contributed by atoms with van der Waals surface area (Å²) >= 11 is 5.66. The number of hydrogen-bond donors (Lipinski definition) is 0. The highest BCUT2D eigenvalue weighted by atomic mass is 35.5. The number of alkyl halides is 1. The van der Waals surface area contributed by atoms with Crippen LogP contribution in [0.4, 0.5) is 0 Å². The number of hydrogen-bond acceptors (Lipinski definition) is 2. The maximum Gasteiger partial charge on any atom is 0.177 e. The Bertz CT molecular complexity index is 324. The van der Waals surface area contributed by atoms with Crippen LogP contribution < -0.4 is 0 Å². The van der Waals surface area contributed by atoms with E-state index in [-0.39, 0.29) is 12.4 Å². The molecule has 1 heterocycles. The molecule has 3 heteroatoms. The lowest BCUT2D eigenvalue weighted by molar-refractivity contribution is -0.0149. The van der Waals surface area contributed by atoms with Crippen molar-refractivity contribution in [2.24, 2.45) is 0 Å². The third-order valence-electron chi connectivity index (χ3n) is 2.19. The molecule has 0 saturated carbocycles. The van der Waals surface area contributed by atoms with Gasteiger partial charge >= 0.3 is 0 Å². The molecule has 0 aliphatic carbocycles. The smallest absolute Gasteiger partial charge is 0.177 e. The lowest BCUT2D eigenvalue weighted by atomic mass is 10.2. The Kier molecular flexibility index (Phi) is 3.78. The minimum atomic E-state index is -0.256. The lowest BCUT2D eigenvalue weighted by Crippen LogP contribution is -2.12. The van der Waals surface area contributed by atoms with Crippen molar-refractivity contribution in [2.75, 3.05) is 12.5 Å². The molecule has 1 fully saturated rings. The molecule has 0 spiro atoms. The Morgan fingerprint density at radius 1 is 1.33 bits per heavy atom. The highest BCUT2D eigenvalue weighted by Crippen LogP contribution is 2.15. The minimum Gasteiger partial charge on any atom is -0.346 e. The molecular formula is C12H13ClO2. The van der Waals surface area contributed by atoms with Crippen molar-refractivity contribution in [3.8, 4) is 0 Å². The minimum absolute atomic E-state index is 0.0251. The Morgan fingerprint density at radius 2 is 2.13 bits per heavy atom. The highest BCUT2D eigenvalue weighted by molar-refractivity contribution is 6.18. The van der Waals surface area contributed by atoms with E-state index >= 15 is 0 Å². The number of rotatable bonds is 3. The predicted octanol–water partition coefficient (Wildman–Crippen LogP) is 2.68.